The van der Waals surface area contributed by atoms with Crippen LogP contribution in [0.3, 0.4) is 0 Å². The van der Waals surface area contributed by atoms with Crippen molar-refractivity contribution in [3.05, 3.63) is 35.6 Å². The predicted octanol–water partition coefficient (Wildman–Crippen LogP) is 3.69. The van der Waals surface area contributed by atoms with E-state index in [2.05, 4.69) is 36.6 Å². The van der Waals surface area contributed by atoms with Gasteiger partial charge in [-0.1, -0.05) is 32.0 Å². The van der Waals surface area contributed by atoms with Gasteiger partial charge in [0.05, 0.1) is 16.7 Å². The van der Waals surface area contributed by atoms with Crippen molar-refractivity contribution < 1.29 is 19.2 Å². The van der Waals surface area contributed by atoms with E-state index in [4.69, 9.17) is 4.52 Å². The van der Waals surface area contributed by atoms with Crippen molar-refractivity contribution in [2.75, 3.05) is 16.4 Å². The number of aryl methyl sites for hydroxylation is 1. The number of phenolic OH excluding ortho intramolecular Hbond substituents is 1. The number of thioether (sulfide) groups is 1. The van der Waals surface area contributed by atoms with E-state index in [-0.39, 0.29) is 28.7 Å². The van der Waals surface area contributed by atoms with Gasteiger partial charge in [-0.05, 0) is 37.0 Å². The second kappa shape index (κ2) is 8.47. The summed E-state index contributed by atoms with van der Waals surface area (Å²) in [4.78, 5) is 24.3. The molecular formula is C19H25N3O4S. The molecule has 1 atom stereocenters. The third-order valence-corrected chi connectivity index (χ3v) is 4.99. The molecule has 0 aliphatic heterocycles. The van der Waals surface area contributed by atoms with E-state index in [1.807, 2.05) is 6.07 Å². The van der Waals surface area contributed by atoms with Crippen molar-refractivity contribution in [2.45, 2.75) is 45.3 Å². The van der Waals surface area contributed by atoms with Crippen LogP contribution in [0.4, 0.5) is 11.5 Å². The molecule has 27 heavy (non-hydrogen) atoms. The Labute approximate surface area is 162 Å². The lowest BCUT2D eigenvalue weighted by Crippen LogP contribution is -2.25. The summed E-state index contributed by atoms with van der Waals surface area (Å²) in [6.07, 6.45) is 0. The van der Waals surface area contributed by atoms with Crippen molar-refractivity contribution in [1.29, 1.82) is 0 Å². The number of nitrogens with one attached hydrogen (secondary N) is 2. The number of nitrogens with zero attached hydrogens (tertiary/aromatic N) is 1. The Kier molecular flexibility index (Phi) is 6.54. The number of carbonyl (C=O) groups is 2. The van der Waals surface area contributed by atoms with E-state index in [1.165, 1.54) is 11.8 Å². The van der Waals surface area contributed by atoms with Gasteiger partial charge in [-0.25, -0.2) is 0 Å². The molecule has 0 aliphatic rings. The van der Waals surface area contributed by atoms with Crippen LogP contribution in [0.15, 0.2) is 28.8 Å². The summed E-state index contributed by atoms with van der Waals surface area (Å²) >= 11 is 1.19. The second-order valence-corrected chi connectivity index (χ2v) is 8.62. The molecule has 0 saturated heterocycles. The van der Waals surface area contributed by atoms with Crippen molar-refractivity contribution >= 4 is 35.1 Å². The van der Waals surface area contributed by atoms with Gasteiger partial charge in [-0.15, -0.1) is 11.8 Å². The molecule has 0 radical (unpaired) electrons. The first-order valence-corrected chi connectivity index (χ1v) is 9.60. The summed E-state index contributed by atoms with van der Waals surface area (Å²) < 4.78 is 4.90. The third-order valence-electron chi connectivity index (χ3n) is 3.85. The van der Waals surface area contributed by atoms with Gasteiger partial charge in [0.25, 0.3) is 0 Å². The van der Waals surface area contributed by atoms with Gasteiger partial charge >= 0.3 is 0 Å². The summed E-state index contributed by atoms with van der Waals surface area (Å²) in [6.45, 7) is 9.60. The number of aromatic hydroxyl groups is 1. The maximum Gasteiger partial charge on any atom is 0.238 e. The normalized spacial score (nSPS) is 12.5. The Bertz CT molecular complexity index is 827. The predicted molar refractivity (Wildman–Crippen MR) is 107 cm³/mol. The van der Waals surface area contributed by atoms with Gasteiger partial charge < -0.3 is 20.3 Å². The van der Waals surface area contributed by atoms with Crippen LogP contribution in [0.2, 0.25) is 0 Å². The molecule has 3 N–H and O–H groups in total. The number of rotatable bonds is 6. The van der Waals surface area contributed by atoms with E-state index in [0.29, 0.717) is 17.3 Å². The zero-order valence-corrected chi connectivity index (χ0v) is 16.9. The molecule has 2 amide bonds. The minimum atomic E-state index is -0.456. The molecule has 146 valence electrons. The van der Waals surface area contributed by atoms with Crippen molar-refractivity contribution in [1.82, 2.24) is 5.16 Å². The largest absolute Gasteiger partial charge is 0.506 e. The number of carbonyl (C=O) groups excluding carboxylic acids is 2. The summed E-state index contributed by atoms with van der Waals surface area (Å²) in [5, 5.41) is 18.6. The fourth-order valence-corrected chi connectivity index (χ4v) is 2.90. The van der Waals surface area contributed by atoms with E-state index in [0.717, 1.165) is 5.56 Å². The van der Waals surface area contributed by atoms with E-state index in [1.54, 1.807) is 32.0 Å². The first-order valence-electron chi connectivity index (χ1n) is 8.55. The number of hydrogen-bond donors (Lipinski definition) is 3. The van der Waals surface area contributed by atoms with Gasteiger partial charge in [0, 0.05) is 6.07 Å². The lowest BCUT2D eigenvalue weighted by atomic mass is 9.87. The molecule has 0 bridgehead atoms. The lowest BCUT2D eigenvalue weighted by molar-refractivity contribution is -0.115. The number of benzene rings is 1. The molecule has 1 heterocycles. The zero-order valence-electron chi connectivity index (χ0n) is 16.1. The van der Waals surface area contributed by atoms with Crippen molar-refractivity contribution in [2.24, 2.45) is 0 Å². The molecule has 1 aromatic carbocycles. The molecule has 0 fully saturated rings. The van der Waals surface area contributed by atoms with Crippen LogP contribution in [0.5, 0.6) is 5.75 Å². The number of hydrogen-bond acceptors (Lipinski definition) is 6. The highest BCUT2D eigenvalue weighted by atomic mass is 32.2. The van der Waals surface area contributed by atoms with Gasteiger partial charge in [0.1, 0.15) is 11.5 Å². The number of aromatic nitrogens is 1. The Balaban J connectivity index is 1.89. The molecule has 0 aliphatic carbocycles. The van der Waals surface area contributed by atoms with E-state index in [9.17, 15) is 14.7 Å². The summed E-state index contributed by atoms with van der Waals surface area (Å²) in [7, 11) is 0. The minimum absolute atomic E-state index is 0.00791. The summed E-state index contributed by atoms with van der Waals surface area (Å²) in [5.74, 6) is 0.470. The van der Waals surface area contributed by atoms with Gasteiger partial charge in [-0.3, -0.25) is 9.59 Å². The Morgan fingerprint density at radius 1 is 1.26 bits per heavy atom. The number of amides is 2. The average molecular weight is 391 g/mol. The summed E-state index contributed by atoms with van der Waals surface area (Å²) in [6, 6.07) is 6.78. The standard InChI is InChI=1S/C19H25N3O4S/c1-11-8-16(22-26-11)21-18(25)12(2)27-10-17(24)20-14-9-13(19(3,4)5)6-7-15(14)23/h6-9,12,23H,10H2,1-5H3,(H,20,24)(H,21,22,25)/t12-/m1/s1. The highest BCUT2D eigenvalue weighted by molar-refractivity contribution is 8.01. The minimum Gasteiger partial charge on any atom is -0.506 e. The molecule has 0 saturated carbocycles. The SMILES string of the molecule is Cc1cc(NC(=O)[C@@H](C)SCC(=O)Nc2cc(C(C)(C)C)ccc2O)no1. The Morgan fingerprint density at radius 3 is 2.56 bits per heavy atom. The van der Waals surface area contributed by atoms with Crippen LogP contribution in [-0.2, 0) is 15.0 Å². The average Bonchev–Trinajstić information content (AvgIpc) is 2.98. The first-order chi connectivity index (χ1) is 12.6. The van der Waals surface area contributed by atoms with Crippen LogP contribution in [0.25, 0.3) is 0 Å². The van der Waals surface area contributed by atoms with E-state index >= 15 is 0 Å². The quantitative estimate of drug-likeness (QED) is 0.649. The van der Waals surface area contributed by atoms with E-state index < -0.39 is 5.25 Å². The number of anilines is 2. The third kappa shape index (κ3) is 6.02. The lowest BCUT2D eigenvalue weighted by Gasteiger charge is -2.20. The fourth-order valence-electron chi connectivity index (χ4n) is 2.22. The van der Waals surface area contributed by atoms with Crippen LogP contribution >= 0.6 is 11.8 Å². The highest BCUT2D eigenvalue weighted by Gasteiger charge is 2.19. The highest BCUT2D eigenvalue weighted by Crippen LogP contribution is 2.30. The smallest absolute Gasteiger partial charge is 0.238 e. The van der Waals surface area contributed by atoms with Crippen LogP contribution in [0, 0.1) is 6.92 Å². The molecule has 1 aromatic heterocycles. The first kappa shape index (κ1) is 20.8. The summed E-state index contributed by atoms with van der Waals surface area (Å²) in [5.41, 5.74) is 1.26. The fraction of sp³-hybridized carbons (Fsp3) is 0.421. The zero-order chi connectivity index (χ0) is 20.2. The molecular weight excluding hydrogens is 366 g/mol. The Hall–Kier alpha value is -2.48. The van der Waals surface area contributed by atoms with Crippen molar-refractivity contribution in [3.63, 3.8) is 0 Å². The van der Waals surface area contributed by atoms with Gasteiger partial charge in [0.15, 0.2) is 5.82 Å². The van der Waals surface area contributed by atoms with Crippen LogP contribution < -0.4 is 10.6 Å². The molecule has 0 unspecified atom stereocenters. The molecule has 2 rings (SSSR count). The number of phenols is 1. The molecule has 7 nitrogen and oxygen atoms in total. The second-order valence-electron chi connectivity index (χ2n) is 7.30. The van der Waals surface area contributed by atoms with Crippen LogP contribution in [-0.4, -0.2) is 33.1 Å². The van der Waals surface area contributed by atoms with Crippen molar-refractivity contribution in [3.8, 4) is 5.75 Å². The molecule has 8 heteroatoms. The van der Waals surface area contributed by atoms with Gasteiger partial charge in [-0.2, -0.15) is 0 Å². The molecule has 0 spiro atoms. The maximum absolute atomic E-state index is 12.2. The van der Waals surface area contributed by atoms with Crippen LogP contribution in [0.1, 0.15) is 39.0 Å². The molecule has 2 aromatic rings. The topological polar surface area (TPSA) is 104 Å². The Morgan fingerprint density at radius 2 is 1.96 bits per heavy atom. The van der Waals surface area contributed by atoms with Gasteiger partial charge in [0.2, 0.25) is 11.8 Å². The maximum atomic E-state index is 12.2. The monoisotopic (exact) mass is 391 g/mol.